The molecule has 1 aromatic rings. The molecule has 3 rings (SSSR count). The van der Waals surface area contributed by atoms with Gasteiger partial charge in [0, 0.05) is 4.47 Å². The van der Waals surface area contributed by atoms with Crippen LogP contribution in [0, 0.1) is 5.41 Å². The first-order chi connectivity index (χ1) is 9.49. The Morgan fingerprint density at radius 1 is 1.55 bits per heavy atom. The van der Waals surface area contributed by atoms with E-state index >= 15 is 0 Å². The van der Waals surface area contributed by atoms with E-state index in [1.165, 1.54) is 32.1 Å². The van der Waals surface area contributed by atoms with Crippen molar-refractivity contribution in [1.29, 1.82) is 0 Å². The SMILES string of the molecule is CC(C(N)=O)c1ncc(OC2CC3(CCC3)C2)cc1Br. The van der Waals surface area contributed by atoms with Crippen molar-refractivity contribution in [2.45, 2.75) is 51.0 Å². The average Bonchev–Trinajstić information content (AvgIpc) is 2.30. The van der Waals surface area contributed by atoms with E-state index in [2.05, 4.69) is 20.9 Å². The van der Waals surface area contributed by atoms with Gasteiger partial charge in [-0.25, -0.2) is 0 Å². The summed E-state index contributed by atoms with van der Waals surface area (Å²) in [4.78, 5) is 15.5. The topological polar surface area (TPSA) is 65.2 Å². The van der Waals surface area contributed by atoms with Crippen LogP contribution in [0.1, 0.15) is 50.6 Å². The van der Waals surface area contributed by atoms with E-state index in [0.29, 0.717) is 17.2 Å². The molecule has 1 heterocycles. The lowest BCUT2D eigenvalue weighted by Crippen LogP contribution is -2.48. The zero-order valence-electron chi connectivity index (χ0n) is 11.6. The standard InChI is InChI=1S/C15H19BrN2O2/c1-9(14(17)19)13-12(16)5-10(8-18-13)20-11-6-15(7-11)3-2-4-15/h5,8-9,11H,2-4,6-7H2,1H3,(H2,17,19). The van der Waals surface area contributed by atoms with Crippen molar-refractivity contribution < 1.29 is 9.53 Å². The number of nitrogens with zero attached hydrogens (tertiary/aromatic N) is 1. The van der Waals surface area contributed by atoms with Crippen molar-refractivity contribution in [3.63, 3.8) is 0 Å². The van der Waals surface area contributed by atoms with Gasteiger partial charge in [0.25, 0.3) is 0 Å². The van der Waals surface area contributed by atoms with Crippen LogP contribution in [0.25, 0.3) is 0 Å². The van der Waals surface area contributed by atoms with Gasteiger partial charge in [0.05, 0.1) is 23.9 Å². The van der Waals surface area contributed by atoms with Crippen molar-refractivity contribution in [1.82, 2.24) is 4.98 Å². The maximum atomic E-state index is 11.2. The van der Waals surface area contributed by atoms with Crippen molar-refractivity contribution in [3.8, 4) is 5.75 Å². The lowest BCUT2D eigenvalue weighted by atomic mass is 9.55. The number of rotatable bonds is 4. The third-order valence-electron chi connectivity index (χ3n) is 4.72. The number of carbonyl (C=O) groups excluding carboxylic acids is 1. The minimum Gasteiger partial charge on any atom is -0.489 e. The van der Waals surface area contributed by atoms with Crippen LogP contribution < -0.4 is 10.5 Å². The van der Waals surface area contributed by atoms with Crippen LogP contribution >= 0.6 is 15.9 Å². The Labute approximate surface area is 127 Å². The molecule has 4 nitrogen and oxygen atoms in total. The Morgan fingerprint density at radius 3 is 2.75 bits per heavy atom. The number of halogens is 1. The Balaban J connectivity index is 1.64. The van der Waals surface area contributed by atoms with Crippen molar-refractivity contribution >= 4 is 21.8 Å². The van der Waals surface area contributed by atoms with Crippen LogP contribution in [0.15, 0.2) is 16.7 Å². The van der Waals surface area contributed by atoms with Gasteiger partial charge in [-0.05, 0) is 60.0 Å². The van der Waals surface area contributed by atoms with E-state index < -0.39 is 5.92 Å². The molecule has 2 N–H and O–H groups in total. The van der Waals surface area contributed by atoms with Gasteiger partial charge in [-0.1, -0.05) is 6.42 Å². The lowest BCUT2D eigenvalue weighted by Gasteiger charge is -2.53. The molecule has 1 unspecified atom stereocenters. The maximum Gasteiger partial charge on any atom is 0.226 e. The second-order valence-corrected chi connectivity index (χ2v) is 7.02. The number of hydrogen-bond acceptors (Lipinski definition) is 3. The molecule has 1 aromatic heterocycles. The molecule has 2 saturated carbocycles. The molecule has 0 radical (unpaired) electrons. The van der Waals surface area contributed by atoms with Crippen LogP contribution in [0.5, 0.6) is 5.75 Å². The molecule has 0 bridgehead atoms. The summed E-state index contributed by atoms with van der Waals surface area (Å²) in [6.07, 6.45) is 8.45. The van der Waals surface area contributed by atoms with Gasteiger partial charge in [0.15, 0.2) is 0 Å². The molecule has 1 spiro atoms. The summed E-state index contributed by atoms with van der Waals surface area (Å²) in [6.45, 7) is 1.75. The molecular formula is C15H19BrN2O2. The van der Waals surface area contributed by atoms with Crippen LogP contribution in [0.3, 0.4) is 0 Å². The highest BCUT2D eigenvalue weighted by Crippen LogP contribution is 2.56. The minimum atomic E-state index is -0.402. The second-order valence-electron chi connectivity index (χ2n) is 6.16. The summed E-state index contributed by atoms with van der Waals surface area (Å²) in [7, 11) is 0. The number of nitrogens with two attached hydrogens (primary N) is 1. The monoisotopic (exact) mass is 338 g/mol. The fourth-order valence-electron chi connectivity index (χ4n) is 3.22. The van der Waals surface area contributed by atoms with E-state index in [0.717, 1.165) is 10.2 Å². The zero-order chi connectivity index (χ0) is 14.3. The number of primary amides is 1. The minimum absolute atomic E-state index is 0.323. The van der Waals surface area contributed by atoms with E-state index in [4.69, 9.17) is 10.5 Å². The smallest absolute Gasteiger partial charge is 0.226 e. The molecular weight excluding hydrogens is 320 g/mol. The van der Waals surface area contributed by atoms with Gasteiger partial charge in [-0.15, -0.1) is 0 Å². The Kier molecular flexibility index (Phi) is 3.48. The zero-order valence-corrected chi connectivity index (χ0v) is 13.1. The average molecular weight is 339 g/mol. The summed E-state index contributed by atoms with van der Waals surface area (Å²) in [6, 6.07) is 1.88. The Morgan fingerprint density at radius 2 is 2.25 bits per heavy atom. The third-order valence-corrected chi connectivity index (χ3v) is 5.35. The van der Waals surface area contributed by atoms with Crippen LogP contribution in [-0.4, -0.2) is 17.0 Å². The van der Waals surface area contributed by atoms with Gasteiger partial charge in [-0.2, -0.15) is 0 Å². The summed E-state index contributed by atoms with van der Waals surface area (Å²) in [5.74, 6) is -0.0189. The normalized spacial score (nSPS) is 21.9. The molecule has 1 atom stereocenters. The second kappa shape index (κ2) is 5.02. The van der Waals surface area contributed by atoms with Gasteiger partial charge < -0.3 is 10.5 Å². The summed E-state index contributed by atoms with van der Waals surface area (Å²) >= 11 is 3.44. The molecule has 5 heteroatoms. The number of pyridine rings is 1. The number of ether oxygens (including phenoxy) is 1. The molecule has 20 heavy (non-hydrogen) atoms. The first-order valence-corrected chi connectivity index (χ1v) is 7.90. The molecule has 108 valence electrons. The summed E-state index contributed by atoms with van der Waals surface area (Å²) in [5, 5.41) is 0. The fourth-order valence-corrected chi connectivity index (χ4v) is 3.89. The first-order valence-electron chi connectivity index (χ1n) is 7.10. The van der Waals surface area contributed by atoms with Crippen LogP contribution in [-0.2, 0) is 4.79 Å². The summed E-state index contributed by atoms with van der Waals surface area (Å²) < 4.78 is 6.73. The number of hydrogen-bond donors (Lipinski definition) is 1. The number of carbonyl (C=O) groups is 1. The number of amides is 1. The van der Waals surface area contributed by atoms with Gasteiger partial charge in [0.1, 0.15) is 5.75 Å². The Bertz CT molecular complexity index is 535. The third kappa shape index (κ3) is 2.43. The van der Waals surface area contributed by atoms with E-state index in [9.17, 15) is 4.79 Å². The largest absolute Gasteiger partial charge is 0.489 e. The molecule has 1 amide bonds. The molecule has 0 saturated heterocycles. The van der Waals surface area contributed by atoms with Gasteiger partial charge in [0.2, 0.25) is 5.91 Å². The van der Waals surface area contributed by atoms with Crippen molar-refractivity contribution in [2.24, 2.45) is 11.1 Å². The first kappa shape index (κ1) is 13.9. The van der Waals surface area contributed by atoms with E-state index in [1.807, 2.05) is 6.07 Å². The van der Waals surface area contributed by atoms with Gasteiger partial charge >= 0.3 is 0 Å². The number of aromatic nitrogens is 1. The summed E-state index contributed by atoms with van der Waals surface area (Å²) in [5.41, 5.74) is 6.57. The predicted octanol–water partition coefficient (Wildman–Crippen LogP) is 3.14. The van der Waals surface area contributed by atoms with E-state index in [1.54, 1.807) is 13.1 Å². The lowest BCUT2D eigenvalue weighted by molar-refractivity contribution is -0.119. The van der Waals surface area contributed by atoms with Crippen LogP contribution in [0.2, 0.25) is 0 Å². The quantitative estimate of drug-likeness (QED) is 0.916. The van der Waals surface area contributed by atoms with Crippen molar-refractivity contribution in [2.75, 3.05) is 0 Å². The molecule has 0 aromatic carbocycles. The van der Waals surface area contributed by atoms with Gasteiger partial charge in [-0.3, -0.25) is 9.78 Å². The highest BCUT2D eigenvalue weighted by atomic mass is 79.9. The van der Waals surface area contributed by atoms with Crippen molar-refractivity contribution in [3.05, 3.63) is 22.4 Å². The molecule has 2 aliphatic rings. The predicted molar refractivity (Wildman–Crippen MR) is 79.5 cm³/mol. The molecule has 0 aliphatic heterocycles. The Hall–Kier alpha value is -1.10. The molecule has 2 fully saturated rings. The highest BCUT2D eigenvalue weighted by Gasteiger charge is 2.49. The molecule has 2 aliphatic carbocycles. The maximum absolute atomic E-state index is 11.2. The highest BCUT2D eigenvalue weighted by molar-refractivity contribution is 9.10. The van der Waals surface area contributed by atoms with E-state index in [-0.39, 0.29) is 5.91 Å². The fraction of sp³-hybridized carbons (Fsp3) is 0.600. The van der Waals surface area contributed by atoms with Crippen LogP contribution in [0.4, 0.5) is 0 Å².